The molecule has 0 atom stereocenters. The predicted molar refractivity (Wildman–Crippen MR) is 63.2 cm³/mol. The fourth-order valence-electron chi connectivity index (χ4n) is 0.911. The molecule has 0 saturated heterocycles. The van der Waals surface area contributed by atoms with Crippen LogP contribution < -0.4 is 5.32 Å². The summed E-state index contributed by atoms with van der Waals surface area (Å²) < 4.78 is 5.52. The minimum atomic E-state index is -0.128. The molecule has 3 nitrogen and oxygen atoms in total. The summed E-state index contributed by atoms with van der Waals surface area (Å²) in [6.07, 6.45) is 3.22. The van der Waals surface area contributed by atoms with Crippen molar-refractivity contribution in [1.82, 2.24) is 5.32 Å². The Morgan fingerprint density at radius 1 is 1.67 bits per heavy atom. The van der Waals surface area contributed by atoms with E-state index < -0.39 is 0 Å². The topological polar surface area (TPSA) is 38.3 Å². The maximum atomic E-state index is 11.2. The Morgan fingerprint density at radius 3 is 3.07 bits per heavy atom. The molecule has 0 fully saturated rings. The molecule has 0 aliphatic carbocycles. The number of carbonyl (C=O) groups is 1. The fourth-order valence-corrected chi connectivity index (χ4v) is 1.87. The monoisotopic (exact) mass is 245 g/mol. The number of hydrogen-bond acceptors (Lipinski definition) is 3. The third-order valence-corrected chi connectivity index (χ3v) is 2.79. The first-order valence-corrected chi connectivity index (χ1v) is 5.62. The third-order valence-electron chi connectivity index (χ3n) is 1.60. The molecule has 82 valence electrons. The number of thiophene rings is 1. The Kier molecular flexibility index (Phi) is 5.39. The summed E-state index contributed by atoms with van der Waals surface area (Å²) in [6, 6.07) is 3.67. The Labute approximate surface area is 97.7 Å². The van der Waals surface area contributed by atoms with Crippen molar-refractivity contribution >= 4 is 34.9 Å². The second-order valence-corrected chi connectivity index (χ2v) is 4.51. The van der Waals surface area contributed by atoms with Gasteiger partial charge in [-0.1, -0.05) is 11.6 Å². The first-order valence-electron chi connectivity index (χ1n) is 4.42. The predicted octanol–water partition coefficient (Wildman–Crippen LogP) is 2.18. The van der Waals surface area contributed by atoms with Crippen LogP contribution in [0.3, 0.4) is 0 Å². The van der Waals surface area contributed by atoms with Crippen LogP contribution in [0, 0.1) is 0 Å². The van der Waals surface area contributed by atoms with Crippen molar-refractivity contribution in [3.05, 3.63) is 27.4 Å². The highest BCUT2D eigenvalue weighted by Crippen LogP contribution is 2.22. The van der Waals surface area contributed by atoms with E-state index in [1.165, 1.54) is 17.4 Å². The molecule has 15 heavy (non-hydrogen) atoms. The normalized spacial score (nSPS) is 10.8. The van der Waals surface area contributed by atoms with Gasteiger partial charge in [0.05, 0.1) is 10.9 Å². The lowest BCUT2D eigenvalue weighted by atomic mass is 10.4. The number of carbonyl (C=O) groups excluding carboxylic acids is 1. The standard InChI is InChI=1S/C10H12ClNO2S/c1-14-7-6-12-10(13)5-3-8-2-4-9(11)15-8/h2-5H,6-7H2,1H3,(H,12,13). The summed E-state index contributed by atoms with van der Waals surface area (Å²) in [5.41, 5.74) is 0. The van der Waals surface area contributed by atoms with Crippen molar-refractivity contribution in [3.63, 3.8) is 0 Å². The van der Waals surface area contributed by atoms with Crippen molar-refractivity contribution in [2.45, 2.75) is 0 Å². The number of amides is 1. The summed E-state index contributed by atoms with van der Waals surface area (Å²) in [6.45, 7) is 1.04. The number of halogens is 1. The van der Waals surface area contributed by atoms with Crippen molar-refractivity contribution in [2.24, 2.45) is 0 Å². The van der Waals surface area contributed by atoms with Crippen LogP contribution in [0.1, 0.15) is 4.88 Å². The van der Waals surface area contributed by atoms with E-state index in [0.717, 1.165) is 9.21 Å². The van der Waals surface area contributed by atoms with Gasteiger partial charge in [-0.2, -0.15) is 0 Å². The highest BCUT2D eigenvalue weighted by atomic mass is 35.5. The molecule has 0 bridgehead atoms. The summed E-state index contributed by atoms with van der Waals surface area (Å²) in [7, 11) is 1.59. The lowest BCUT2D eigenvalue weighted by molar-refractivity contribution is -0.116. The van der Waals surface area contributed by atoms with Crippen LogP contribution in [0.4, 0.5) is 0 Å². The Hall–Kier alpha value is -0.840. The number of hydrogen-bond donors (Lipinski definition) is 1. The van der Waals surface area contributed by atoms with Crippen LogP contribution >= 0.6 is 22.9 Å². The molecule has 0 radical (unpaired) electrons. The zero-order chi connectivity index (χ0) is 11.1. The molecule has 5 heteroatoms. The molecule has 0 aliphatic heterocycles. The van der Waals surface area contributed by atoms with E-state index in [2.05, 4.69) is 5.32 Å². The van der Waals surface area contributed by atoms with Crippen LogP contribution in [-0.2, 0) is 9.53 Å². The van der Waals surface area contributed by atoms with E-state index in [1.807, 2.05) is 6.07 Å². The first-order chi connectivity index (χ1) is 7.22. The molecule has 0 unspecified atom stereocenters. The lowest BCUT2D eigenvalue weighted by Crippen LogP contribution is -2.24. The van der Waals surface area contributed by atoms with Gasteiger partial charge >= 0.3 is 0 Å². The van der Waals surface area contributed by atoms with E-state index in [-0.39, 0.29) is 5.91 Å². The van der Waals surface area contributed by atoms with Gasteiger partial charge in [0.15, 0.2) is 0 Å². The average molecular weight is 246 g/mol. The number of rotatable bonds is 5. The summed E-state index contributed by atoms with van der Waals surface area (Å²) in [4.78, 5) is 12.2. The molecule has 1 aromatic heterocycles. The highest BCUT2D eigenvalue weighted by Gasteiger charge is 1.96. The van der Waals surface area contributed by atoms with Gasteiger partial charge in [0.1, 0.15) is 0 Å². The van der Waals surface area contributed by atoms with Crippen LogP contribution in [-0.4, -0.2) is 26.2 Å². The molecule has 0 aromatic carbocycles. The minimum absolute atomic E-state index is 0.128. The molecule has 1 heterocycles. The van der Waals surface area contributed by atoms with E-state index in [0.29, 0.717) is 13.2 Å². The summed E-state index contributed by atoms with van der Waals surface area (Å²) in [5, 5.41) is 2.68. The van der Waals surface area contributed by atoms with Crippen LogP contribution in [0.5, 0.6) is 0 Å². The second-order valence-electron chi connectivity index (χ2n) is 2.76. The summed E-state index contributed by atoms with van der Waals surface area (Å²) in [5.74, 6) is -0.128. The van der Waals surface area contributed by atoms with Gasteiger partial charge < -0.3 is 10.1 Å². The van der Waals surface area contributed by atoms with Crippen molar-refractivity contribution in [1.29, 1.82) is 0 Å². The van der Waals surface area contributed by atoms with Gasteiger partial charge in [-0.05, 0) is 18.2 Å². The fraction of sp³-hybridized carbons (Fsp3) is 0.300. The molecule has 1 N–H and O–H groups in total. The molecule has 1 amide bonds. The molecule has 0 saturated carbocycles. The Balaban J connectivity index is 2.34. The van der Waals surface area contributed by atoms with E-state index in [1.54, 1.807) is 19.3 Å². The van der Waals surface area contributed by atoms with Crippen molar-refractivity contribution in [3.8, 4) is 0 Å². The third kappa shape index (κ3) is 4.97. The van der Waals surface area contributed by atoms with E-state index in [4.69, 9.17) is 16.3 Å². The molecular formula is C10H12ClNO2S. The Morgan fingerprint density at radius 2 is 2.47 bits per heavy atom. The largest absolute Gasteiger partial charge is 0.383 e. The van der Waals surface area contributed by atoms with Crippen LogP contribution in [0.15, 0.2) is 18.2 Å². The van der Waals surface area contributed by atoms with Crippen molar-refractivity contribution < 1.29 is 9.53 Å². The smallest absolute Gasteiger partial charge is 0.244 e. The molecule has 0 aliphatic rings. The maximum absolute atomic E-state index is 11.2. The SMILES string of the molecule is COCCNC(=O)C=Cc1ccc(Cl)s1. The zero-order valence-corrected chi connectivity index (χ0v) is 9.90. The number of ether oxygens (including phenoxy) is 1. The lowest BCUT2D eigenvalue weighted by Gasteiger charge is -1.99. The average Bonchev–Trinajstić information content (AvgIpc) is 2.62. The van der Waals surface area contributed by atoms with Gasteiger partial charge in [0.2, 0.25) is 5.91 Å². The second kappa shape index (κ2) is 6.61. The van der Waals surface area contributed by atoms with Gasteiger partial charge in [-0.15, -0.1) is 11.3 Å². The summed E-state index contributed by atoms with van der Waals surface area (Å²) >= 11 is 7.18. The van der Waals surface area contributed by atoms with Gasteiger partial charge in [-0.3, -0.25) is 4.79 Å². The maximum Gasteiger partial charge on any atom is 0.244 e. The molecule has 1 aromatic rings. The molecule has 0 spiro atoms. The van der Waals surface area contributed by atoms with Crippen LogP contribution in [0.2, 0.25) is 4.34 Å². The van der Waals surface area contributed by atoms with Gasteiger partial charge in [0, 0.05) is 24.6 Å². The van der Waals surface area contributed by atoms with E-state index >= 15 is 0 Å². The van der Waals surface area contributed by atoms with Crippen molar-refractivity contribution in [2.75, 3.05) is 20.3 Å². The minimum Gasteiger partial charge on any atom is -0.383 e. The molecule has 1 rings (SSSR count). The molecular weight excluding hydrogens is 234 g/mol. The van der Waals surface area contributed by atoms with Gasteiger partial charge in [-0.25, -0.2) is 0 Å². The Bertz CT molecular complexity index is 349. The highest BCUT2D eigenvalue weighted by molar-refractivity contribution is 7.17. The van der Waals surface area contributed by atoms with E-state index in [9.17, 15) is 4.79 Å². The number of nitrogens with one attached hydrogen (secondary N) is 1. The van der Waals surface area contributed by atoms with Gasteiger partial charge in [0.25, 0.3) is 0 Å². The number of methoxy groups -OCH3 is 1. The quantitative estimate of drug-likeness (QED) is 0.638. The first kappa shape index (κ1) is 12.2. The van der Waals surface area contributed by atoms with Crippen LogP contribution in [0.25, 0.3) is 6.08 Å². The zero-order valence-electron chi connectivity index (χ0n) is 8.33.